The monoisotopic (exact) mass is 244 g/mol. The molecule has 0 bridgehead atoms. The summed E-state index contributed by atoms with van der Waals surface area (Å²) in [5.41, 5.74) is 1.18. The molecule has 3 rings (SSSR count). The minimum Gasteiger partial charge on any atom is -0.545 e. The Labute approximate surface area is 105 Å². The largest absolute Gasteiger partial charge is 0.545 e. The van der Waals surface area contributed by atoms with E-state index in [2.05, 4.69) is 0 Å². The lowest BCUT2D eigenvalue weighted by atomic mass is 10.0. The van der Waals surface area contributed by atoms with Gasteiger partial charge in [0.05, 0.1) is 11.5 Å². The zero-order chi connectivity index (χ0) is 12.7. The van der Waals surface area contributed by atoms with E-state index in [1.807, 2.05) is 11.0 Å². The Bertz CT molecular complexity index is 518. The SMILES string of the molecule is O=C([O-])c1cccc2c1C(=O)N(C1CCCC1)C2. The fraction of sp³-hybridized carbons (Fsp3) is 0.429. The van der Waals surface area contributed by atoms with Crippen LogP contribution in [-0.2, 0) is 6.54 Å². The Morgan fingerprint density at radius 3 is 2.67 bits per heavy atom. The lowest BCUT2D eigenvalue weighted by Gasteiger charge is -2.23. The zero-order valence-corrected chi connectivity index (χ0v) is 10.0. The summed E-state index contributed by atoms with van der Waals surface area (Å²) in [6.07, 6.45) is 4.36. The third-order valence-corrected chi connectivity index (χ3v) is 3.95. The number of carboxylic acid groups (broad SMARTS) is 1. The van der Waals surface area contributed by atoms with Gasteiger partial charge >= 0.3 is 0 Å². The first-order valence-corrected chi connectivity index (χ1v) is 6.32. The molecule has 1 amide bonds. The number of aromatic carboxylic acids is 1. The van der Waals surface area contributed by atoms with Gasteiger partial charge in [-0.2, -0.15) is 0 Å². The standard InChI is InChI=1S/C14H15NO3/c16-13-12-9(4-3-7-11(12)14(17)18)8-15(13)10-5-1-2-6-10/h3-4,7,10H,1-2,5-6,8H2,(H,17,18)/p-1. The average Bonchev–Trinajstić information content (AvgIpc) is 2.97. The van der Waals surface area contributed by atoms with Crippen molar-refractivity contribution in [1.82, 2.24) is 4.90 Å². The summed E-state index contributed by atoms with van der Waals surface area (Å²) in [6, 6.07) is 5.23. The first kappa shape index (κ1) is 11.3. The molecular weight excluding hydrogens is 230 g/mol. The third kappa shape index (κ3) is 1.60. The summed E-state index contributed by atoms with van der Waals surface area (Å²) >= 11 is 0. The van der Waals surface area contributed by atoms with E-state index in [4.69, 9.17) is 0 Å². The molecule has 4 heteroatoms. The average molecular weight is 244 g/mol. The van der Waals surface area contributed by atoms with Crippen LogP contribution in [0.5, 0.6) is 0 Å². The summed E-state index contributed by atoms with van der Waals surface area (Å²) < 4.78 is 0. The second kappa shape index (κ2) is 4.12. The molecule has 1 heterocycles. The Balaban J connectivity index is 1.98. The van der Waals surface area contributed by atoms with Gasteiger partial charge in [-0.1, -0.05) is 31.0 Å². The quantitative estimate of drug-likeness (QED) is 0.778. The van der Waals surface area contributed by atoms with Crippen molar-refractivity contribution in [3.63, 3.8) is 0 Å². The number of amides is 1. The van der Waals surface area contributed by atoms with Gasteiger partial charge in [0.2, 0.25) is 0 Å². The lowest BCUT2D eigenvalue weighted by molar-refractivity contribution is -0.255. The van der Waals surface area contributed by atoms with Crippen LogP contribution in [0.25, 0.3) is 0 Å². The maximum absolute atomic E-state index is 12.3. The molecule has 0 aromatic heterocycles. The molecule has 94 valence electrons. The van der Waals surface area contributed by atoms with Gasteiger partial charge in [-0.3, -0.25) is 4.79 Å². The predicted octanol–water partition coefficient (Wildman–Crippen LogP) is 0.949. The van der Waals surface area contributed by atoms with Crippen LogP contribution in [0.4, 0.5) is 0 Å². The Hall–Kier alpha value is -1.84. The zero-order valence-electron chi connectivity index (χ0n) is 10.0. The molecule has 1 aliphatic heterocycles. The van der Waals surface area contributed by atoms with Crippen LogP contribution in [0.1, 0.15) is 52.0 Å². The highest BCUT2D eigenvalue weighted by molar-refractivity contribution is 6.07. The van der Waals surface area contributed by atoms with Gasteiger partial charge in [0.1, 0.15) is 0 Å². The van der Waals surface area contributed by atoms with E-state index in [9.17, 15) is 14.7 Å². The minimum absolute atomic E-state index is 0.0259. The second-order valence-electron chi connectivity index (χ2n) is 5.00. The fourth-order valence-electron chi connectivity index (χ4n) is 3.06. The van der Waals surface area contributed by atoms with E-state index in [1.165, 1.54) is 6.07 Å². The van der Waals surface area contributed by atoms with Gasteiger partial charge in [0, 0.05) is 18.2 Å². The number of hydrogen-bond donors (Lipinski definition) is 0. The summed E-state index contributed by atoms with van der Waals surface area (Å²) in [4.78, 5) is 25.2. The van der Waals surface area contributed by atoms with Crippen molar-refractivity contribution in [1.29, 1.82) is 0 Å². The van der Waals surface area contributed by atoms with E-state index in [-0.39, 0.29) is 17.5 Å². The van der Waals surface area contributed by atoms with Crippen molar-refractivity contribution in [2.45, 2.75) is 38.3 Å². The van der Waals surface area contributed by atoms with Gasteiger partial charge in [0.15, 0.2) is 0 Å². The molecule has 1 aliphatic carbocycles. The maximum Gasteiger partial charge on any atom is 0.255 e. The van der Waals surface area contributed by atoms with Gasteiger partial charge in [-0.05, 0) is 18.4 Å². The van der Waals surface area contributed by atoms with Gasteiger partial charge < -0.3 is 14.8 Å². The van der Waals surface area contributed by atoms with Crippen molar-refractivity contribution in [3.05, 3.63) is 34.9 Å². The van der Waals surface area contributed by atoms with Gasteiger partial charge in [0.25, 0.3) is 5.91 Å². The molecule has 0 spiro atoms. The number of nitrogens with zero attached hydrogens (tertiary/aromatic N) is 1. The van der Waals surface area contributed by atoms with Crippen molar-refractivity contribution in [2.24, 2.45) is 0 Å². The van der Waals surface area contributed by atoms with E-state index in [0.29, 0.717) is 12.1 Å². The molecule has 2 aliphatic rings. The first-order chi connectivity index (χ1) is 8.68. The van der Waals surface area contributed by atoms with Crippen molar-refractivity contribution in [2.75, 3.05) is 0 Å². The molecule has 1 fully saturated rings. The normalized spacial score (nSPS) is 19.3. The number of carbonyl (C=O) groups excluding carboxylic acids is 2. The van der Waals surface area contributed by atoms with Crippen LogP contribution in [-0.4, -0.2) is 22.8 Å². The molecule has 1 aromatic rings. The van der Waals surface area contributed by atoms with Crippen LogP contribution in [0, 0.1) is 0 Å². The lowest BCUT2D eigenvalue weighted by Crippen LogP contribution is -2.34. The summed E-state index contributed by atoms with van der Waals surface area (Å²) in [5, 5.41) is 11.1. The number of hydrogen-bond acceptors (Lipinski definition) is 3. The van der Waals surface area contributed by atoms with E-state index in [0.717, 1.165) is 31.2 Å². The molecule has 0 unspecified atom stereocenters. The van der Waals surface area contributed by atoms with Crippen molar-refractivity contribution in [3.8, 4) is 0 Å². The second-order valence-corrected chi connectivity index (χ2v) is 5.00. The highest BCUT2D eigenvalue weighted by Crippen LogP contribution is 2.32. The van der Waals surface area contributed by atoms with Crippen LogP contribution in [0.2, 0.25) is 0 Å². The Morgan fingerprint density at radius 1 is 1.28 bits per heavy atom. The summed E-state index contributed by atoms with van der Waals surface area (Å²) in [7, 11) is 0. The van der Waals surface area contributed by atoms with E-state index >= 15 is 0 Å². The molecule has 0 saturated heterocycles. The molecule has 0 atom stereocenters. The molecule has 0 radical (unpaired) electrons. The molecule has 1 saturated carbocycles. The molecule has 18 heavy (non-hydrogen) atoms. The molecular formula is C14H14NO3-. The predicted molar refractivity (Wildman–Crippen MR) is 62.9 cm³/mol. The molecule has 0 N–H and O–H groups in total. The number of fused-ring (bicyclic) bond motifs is 1. The van der Waals surface area contributed by atoms with Crippen LogP contribution < -0.4 is 5.11 Å². The highest BCUT2D eigenvalue weighted by Gasteiger charge is 2.35. The first-order valence-electron chi connectivity index (χ1n) is 6.32. The van der Waals surface area contributed by atoms with Crippen molar-refractivity contribution >= 4 is 11.9 Å². The number of benzene rings is 1. The maximum atomic E-state index is 12.3. The van der Waals surface area contributed by atoms with Crippen molar-refractivity contribution < 1.29 is 14.7 Å². The van der Waals surface area contributed by atoms with Crippen LogP contribution in [0.3, 0.4) is 0 Å². The highest BCUT2D eigenvalue weighted by atomic mass is 16.4. The molecule has 4 nitrogen and oxygen atoms in total. The van der Waals surface area contributed by atoms with E-state index < -0.39 is 5.97 Å². The summed E-state index contributed by atoms with van der Waals surface area (Å²) in [5.74, 6) is -1.41. The van der Waals surface area contributed by atoms with Crippen LogP contribution >= 0.6 is 0 Å². The van der Waals surface area contributed by atoms with E-state index in [1.54, 1.807) is 6.07 Å². The molecule has 1 aromatic carbocycles. The Kier molecular flexibility index (Phi) is 2.58. The minimum atomic E-state index is -1.27. The smallest absolute Gasteiger partial charge is 0.255 e. The third-order valence-electron chi connectivity index (χ3n) is 3.95. The topological polar surface area (TPSA) is 60.4 Å². The number of carbonyl (C=O) groups is 2. The van der Waals surface area contributed by atoms with Gasteiger partial charge in [-0.15, -0.1) is 0 Å². The number of rotatable bonds is 2. The fourth-order valence-corrected chi connectivity index (χ4v) is 3.06. The Morgan fingerprint density at radius 2 is 2.00 bits per heavy atom. The van der Waals surface area contributed by atoms with Gasteiger partial charge in [-0.25, -0.2) is 0 Å². The van der Waals surface area contributed by atoms with Crippen LogP contribution in [0.15, 0.2) is 18.2 Å². The summed E-state index contributed by atoms with van der Waals surface area (Å²) in [6.45, 7) is 0.542. The number of carboxylic acids is 1.